The third-order valence-corrected chi connectivity index (χ3v) is 5.08. The molecule has 0 saturated heterocycles. The van der Waals surface area contributed by atoms with Gasteiger partial charge in [0.15, 0.2) is 0 Å². The second-order valence-electron chi connectivity index (χ2n) is 7.46. The molecule has 0 amide bonds. The number of nitrogens with zero attached hydrogens (tertiary/aromatic N) is 2. The van der Waals surface area contributed by atoms with E-state index in [-0.39, 0.29) is 6.23 Å². The van der Waals surface area contributed by atoms with Gasteiger partial charge in [0.25, 0.3) is 0 Å². The molecule has 1 rings (SSSR count). The lowest BCUT2D eigenvalue weighted by Gasteiger charge is -2.23. The molecule has 0 aliphatic carbocycles. The molecule has 1 N–H and O–H groups in total. The Morgan fingerprint density at radius 2 is 1.48 bits per heavy atom. The van der Waals surface area contributed by atoms with Gasteiger partial charge in [0, 0.05) is 13.0 Å². The van der Waals surface area contributed by atoms with Gasteiger partial charge in [0.05, 0.1) is 6.54 Å². The van der Waals surface area contributed by atoms with E-state index in [1.807, 2.05) is 11.8 Å². The zero-order chi connectivity index (χ0) is 18.2. The zero-order valence-electron chi connectivity index (χ0n) is 16.9. The van der Waals surface area contributed by atoms with Crippen molar-refractivity contribution in [2.24, 2.45) is 4.99 Å². The summed E-state index contributed by atoms with van der Waals surface area (Å²) in [7, 11) is 0. The molecule has 0 fully saturated rings. The average Bonchev–Trinajstić information content (AvgIpc) is 3.07. The first kappa shape index (κ1) is 22.2. The number of rotatable bonds is 16. The molecule has 0 aromatic rings. The van der Waals surface area contributed by atoms with Crippen molar-refractivity contribution in [2.45, 2.75) is 110 Å². The van der Waals surface area contributed by atoms with Crippen LogP contribution >= 0.6 is 0 Å². The first-order valence-corrected chi connectivity index (χ1v) is 10.9. The first-order valence-electron chi connectivity index (χ1n) is 10.9. The van der Waals surface area contributed by atoms with Crippen molar-refractivity contribution in [1.29, 1.82) is 0 Å². The van der Waals surface area contributed by atoms with E-state index in [1.165, 1.54) is 83.5 Å². The Hall–Kier alpha value is -0.830. The van der Waals surface area contributed by atoms with Gasteiger partial charge in [-0.15, -0.1) is 0 Å². The summed E-state index contributed by atoms with van der Waals surface area (Å²) in [6, 6.07) is 0. The van der Waals surface area contributed by atoms with Crippen LogP contribution in [0.1, 0.15) is 104 Å². The number of aliphatic imine (C=N–C) groups is 1. The minimum absolute atomic E-state index is 0.388. The summed E-state index contributed by atoms with van der Waals surface area (Å²) < 4.78 is 0. The molecule has 0 aromatic heterocycles. The topological polar surface area (TPSA) is 35.8 Å². The average molecular weight is 351 g/mol. The van der Waals surface area contributed by atoms with Crippen molar-refractivity contribution in [3.63, 3.8) is 0 Å². The van der Waals surface area contributed by atoms with Crippen LogP contribution in [0.3, 0.4) is 0 Å². The van der Waals surface area contributed by atoms with Gasteiger partial charge in [-0.05, 0) is 39.0 Å². The molecule has 3 nitrogen and oxygen atoms in total. The maximum absolute atomic E-state index is 9.68. The van der Waals surface area contributed by atoms with Gasteiger partial charge in [-0.1, -0.05) is 70.4 Å². The standard InChI is InChI=1S/C22H42N2O/c1-3-4-5-6-7-8-9-10-11-12-13-14-15-16-17-18-22-23-19-20-24(22)21(2)25/h12-13,21,25H,3-11,14-20H2,1-2H3/b13-12+. The molecule has 146 valence electrons. The summed E-state index contributed by atoms with van der Waals surface area (Å²) in [5.41, 5.74) is 0. The van der Waals surface area contributed by atoms with Crippen LogP contribution in [0, 0.1) is 0 Å². The van der Waals surface area contributed by atoms with Gasteiger partial charge in [0.2, 0.25) is 0 Å². The quantitative estimate of drug-likeness (QED) is 0.270. The van der Waals surface area contributed by atoms with Gasteiger partial charge < -0.3 is 10.0 Å². The molecule has 3 heteroatoms. The highest BCUT2D eigenvalue weighted by atomic mass is 16.3. The lowest BCUT2D eigenvalue weighted by Crippen LogP contribution is -2.35. The summed E-state index contributed by atoms with van der Waals surface area (Å²) in [6.45, 7) is 5.84. The molecule has 0 spiro atoms. The van der Waals surface area contributed by atoms with Gasteiger partial charge in [-0.2, -0.15) is 0 Å². The Morgan fingerprint density at radius 3 is 2.08 bits per heavy atom. The van der Waals surface area contributed by atoms with Crippen LogP contribution < -0.4 is 0 Å². The molecule has 1 atom stereocenters. The van der Waals surface area contributed by atoms with Crippen LogP contribution in [0.15, 0.2) is 17.1 Å². The molecule has 0 radical (unpaired) electrons. The van der Waals surface area contributed by atoms with E-state index in [0.717, 1.165) is 25.3 Å². The maximum atomic E-state index is 9.68. The molecule has 1 aliphatic heterocycles. The Bertz CT molecular complexity index is 363. The van der Waals surface area contributed by atoms with Crippen LogP contribution in [0.4, 0.5) is 0 Å². The van der Waals surface area contributed by atoms with Gasteiger partial charge in [-0.25, -0.2) is 0 Å². The monoisotopic (exact) mass is 350 g/mol. The summed E-state index contributed by atoms with van der Waals surface area (Å²) in [6.07, 6.45) is 22.8. The van der Waals surface area contributed by atoms with Crippen molar-refractivity contribution in [2.75, 3.05) is 13.1 Å². The van der Waals surface area contributed by atoms with E-state index >= 15 is 0 Å². The van der Waals surface area contributed by atoms with Crippen LogP contribution in [-0.4, -0.2) is 35.2 Å². The Balaban J connectivity index is 1.84. The minimum Gasteiger partial charge on any atom is -0.374 e. The van der Waals surface area contributed by atoms with Crippen LogP contribution in [0.5, 0.6) is 0 Å². The number of allylic oxidation sites excluding steroid dienone is 2. The van der Waals surface area contributed by atoms with Crippen LogP contribution in [-0.2, 0) is 0 Å². The highest BCUT2D eigenvalue weighted by Crippen LogP contribution is 2.13. The molecule has 0 saturated carbocycles. The van der Waals surface area contributed by atoms with Crippen LogP contribution in [0.2, 0.25) is 0 Å². The van der Waals surface area contributed by atoms with Gasteiger partial charge >= 0.3 is 0 Å². The van der Waals surface area contributed by atoms with E-state index in [0.29, 0.717) is 0 Å². The predicted molar refractivity (Wildman–Crippen MR) is 110 cm³/mol. The number of aliphatic hydroxyl groups is 1. The number of hydrogen-bond acceptors (Lipinski definition) is 3. The second-order valence-corrected chi connectivity index (χ2v) is 7.46. The summed E-state index contributed by atoms with van der Waals surface area (Å²) in [5, 5.41) is 9.68. The third-order valence-electron chi connectivity index (χ3n) is 5.08. The highest BCUT2D eigenvalue weighted by molar-refractivity contribution is 5.83. The van der Waals surface area contributed by atoms with E-state index in [1.54, 1.807) is 0 Å². The number of hydrogen-bond donors (Lipinski definition) is 1. The SMILES string of the molecule is CCCCCCCCCC/C=C/CCCCCC1=NCCN1C(C)O. The van der Waals surface area contributed by atoms with Crippen molar-refractivity contribution < 1.29 is 5.11 Å². The van der Waals surface area contributed by atoms with Gasteiger partial charge in [0.1, 0.15) is 12.1 Å². The highest BCUT2D eigenvalue weighted by Gasteiger charge is 2.19. The van der Waals surface area contributed by atoms with Crippen molar-refractivity contribution in [1.82, 2.24) is 4.90 Å². The van der Waals surface area contributed by atoms with E-state index in [2.05, 4.69) is 24.1 Å². The smallest absolute Gasteiger partial charge is 0.125 e. The molecule has 1 aliphatic rings. The first-order chi connectivity index (χ1) is 12.3. The van der Waals surface area contributed by atoms with Crippen molar-refractivity contribution >= 4 is 5.84 Å². The van der Waals surface area contributed by atoms with Gasteiger partial charge in [-0.3, -0.25) is 4.99 Å². The lowest BCUT2D eigenvalue weighted by molar-refractivity contribution is 0.0766. The molecule has 0 aromatic carbocycles. The Morgan fingerprint density at radius 1 is 0.920 bits per heavy atom. The molecular formula is C22H42N2O. The largest absolute Gasteiger partial charge is 0.374 e. The fourth-order valence-corrected chi connectivity index (χ4v) is 3.49. The maximum Gasteiger partial charge on any atom is 0.125 e. The number of unbranched alkanes of at least 4 members (excludes halogenated alkanes) is 11. The van der Waals surface area contributed by atoms with E-state index in [9.17, 15) is 5.11 Å². The lowest BCUT2D eigenvalue weighted by atomic mass is 10.1. The molecule has 25 heavy (non-hydrogen) atoms. The molecule has 1 unspecified atom stereocenters. The summed E-state index contributed by atoms with van der Waals surface area (Å²) in [5.74, 6) is 1.11. The van der Waals surface area contributed by atoms with Crippen molar-refractivity contribution in [3.05, 3.63) is 12.2 Å². The predicted octanol–water partition coefficient (Wildman–Crippen LogP) is 6.08. The number of aliphatic hydroxyl groups excluding tert-OH is 1. The fourth-order valence-electron chi connectivity index (χ4n) is 3.49. The van der Waals surface area contributed by atoms with Crippen molar-refractivity contribution in [3.8, 4) is 0 Å². The Kier molecular flexibility index (Phi) is 13.7. The molecule has 1 heterocycles. The molecule has 0 bridgehead atoms. The minimum atomic E-state index is -0.388. The third kappa shape index (κ3) is 11.4. The fraction of sp³-hybridized carbons (Fsp3) is 0.864. The summed E-state index contributed by atoms with van der Waals surface area (Å²) >= 11 is 0. The van der Waals surface area contributed by atoms with E-state index < -0.39 is 0 Å². The normalized spacial score (nSPS) is 16.0. The summed E-state index contributed by atoms with van der Waals surface area (Å²) in [4.78, 5) is 6.54. The van der Waals surface area contributed by atoms with Crippen LogP contribution in [0.25, 0.3) is 0 Å². The Labute approximate surface area is 156 Å². The molecular weight excluding hydrogens is 308 g/mol. The second kappa shape index (κ2) is 15.4. The number of amidine groups is 1. The zero-order valence-corrected chi connectivity index (χ0v) is 16.9. The van der Waals surface area contributed by atoms with E-state index in [4.69, 9.17) is 0 Å².